The molecule has 0 spiro atoms. The lowest BCUT2D eigenvalue weighted by Gasteiger charge is -2.49. The lowest BCUT2D eigenvalue weighted by atomic mass is 10.0. The van der Waals surface area contributed by atoms with Crippen molar-refractivity contribution in [1.82, 2.24) is 19.6 Å². The fourth-order valence-electron chi connectivity index (χ4n) is 3.07. The van der Waals surface area contributed by atoms with Crippen LogP contribution in [0.2, 0.25) is 0 Å². The van der Waals surface area contributed by atoms with Gasteiger partial charge in [-0.2, -0.15) is 14.6 Å². The third-order valence-electron chi connectivity index (χ3n) is 4.49. The van der Waals surface area contributed by atoms with Gasteiger partial charge in [-0.15, -0.1) is 11.8 Å². The van der Waals surface area contributed by atoms with E-state index in [1.54, 1.807) is 6.07 Å². The topological polar surface area (TPSA) is 227 Å². The van der Waals surface area contributed by atoms with Gasteiger partial charge in [0.25, 0.3) is 11.8 Å². The van der Waals surface area contributed by atoms with Gasteiger partial charge in [0.05, 0.1) is 0 Å². The van der Waals surface area contributed by atoms with E-state index < -0.39 is 66.3 Å². The van der Waals surface area contributed by atoms with Crippen LogP contribution >= 0.6 is 23.3 Å². The molecule has 1 saturated heterocycles. The van der Waals surface area contributed by atoms with Gasteiger partial charge in [-0.05, 0) is 6.92 Å². The summed E-state index contributed by atoms with van der Waals surface area (Å²) in [4.78, 5) is 69.7. The summed E-state index contributed by atoms with van der Waals surface area (Å²) in [6, 6.07) is 0.565. The van der Waals surface area contributed by atoms with Crippen LogP contribution in [-0.4, -0.2) is 85.0 Å². The minimum atomic E-state index is -1.42. The Bertz CT molecular complexity index is 1190. The van der Waals surface area contributed by atoms with E-state index in [1.807, 2.05) is 0 Å². The maximum Gasteiger partial charge on any atom is 0.352 e. The predicted molar refractivity (Wildman–Crippen MR) is 118 cm³/mol. The Kier molecular flexibility index (Phi) is 7.98. The summed E-state index contributed by atoms with van der Waals surface area (Å²) < 4.78 is 8.83. The fourth-order valence-corrected chi connectivity index (χ4v) is 4.83. The Hall–Kier alpha value is -4.04. The molecule has 1 aromatic rings. The molecule has 3 rings (SSSR count). The van der Waals surface area contributed by atoms with Crippen molar-refractivity contribution >= 4 is 63.7 Å². The SMILES string of the molecule is CC(=O)CC(=O)OCC1=C(C(=O)O)N2C(=O)[C@@H](NC(=O)/C(=N/OCC#N)c3nsc(N)n3)[C@H]2SC1. The molecule has 2 aliphatic heterocycles. The second kappa shape index (κ2) is 10.9. The number of ketones is 1. The van der Waals surface area contributed by atoms with E-state index in [-0.39, 0.29) is 28.0 Å². The Balaban J connectivity index is 1.74. The summed E-state index contributed by atoms with van der Waals surface area (Å²) in [6.07, 6.45) is -0.455. The van der Waals surface area contributed by atoms with Crippen LogP contribution in [0.1, 0.15) is 19.2 Å². The number of Topliss-reactive ketones (excluding diaryl/α,β-unsaturated/α-hetero) is 1. The number of nitriles is 1. The number of carbonyl (C=O) groups excluding carboxylic acids is 4. The van der Waals surface area contributed by atoms with Gasteiger partial charge in [-0.3, -0.25) is 24.1 Å². The first-order chi connectivity index (χ1) is 16.6. The number of hydrogen-bond donors (Lipinski definition) is 3. The first-order valence-electron chi connectivity index (χ1n) is 9.66. The van der Waals surface area contributed by atoms with Gasteiger partial charge in [0, 0.05) is 22.9 Å². The molecular weight excluding hydrogens is 506 g/mol. The van der Waals surface area contributed by atoms with Crippen molar-refractivity contribution < 1.29 is 38.7 Å². The fraction of sp³-hybridized carbons (Fsp3) is 0.389. The van der Waals surface area contributed by atoms with Crippen molar-refractivity contribution in [2.45, 2.75) is 24.8 Å². The largest absolute Gasteiger partial charge is 0.477 e. The Morgan fingerprint density at radius 2 is 2.14 bits per heavy atom. The summed E-state index contributed by atoms with van der Waals surface area (Å²) in [5.41, 5.74) is 4.92. The van der Waals surface area contributed by atoms with Crippen molar-refractivity contribution in [2.24, 2.45) is 5.16 Å². The van der Waals surface area contributed by atoms with Crippen LogP contribution in [0.15, 0.2) is 16.4 Å². The maximum atomic E-state index is 12.8. The average molecular weight is 524 g/mol. The number of nitrogens with one attached hydrogen (secondary N) is 1. The zero-order valence-corrected chi connectivity index (χ0v) is 19.6. The lowest BCUT2D eigenvalue weighted by molar-refractivity contribution is -0.150. The highest BCUT2D eigenvalue weighted by Gasteiger charge is 2.54. The maximum absolute atomic E-state index is 12.8. The van der Waals surface area contributed by atoms with Gasteiger partial charge in [0.1, 0.15) is 42.0 Å². The molecule has 17 heteroatoms. The minimum Gasteiger partial charge on any atom is -0.477 e. The van der Waals surface area contributed by atoms with Gasteiger partial charge in [0.2, 0.25) is 18.1 Å². The molecule has 0 aliphatic carbocycles. The van der Waals surface area contributed by atoms with E-state index in [1.165, 1.54) is 6.92 Å². The molecule has 0 aromatic carbocycles. The van der Waals surface area contributed by atoms with Gasteiger partial charge >= 0.3 is 11.9 Å². The third kappa shape index (κ3) is 5.73. The number of fused-ring (bicyclic) bond motifs is 1. The van der Waals surface area contributed by atoms with E-state index in [2.05, 4.69) is 19.8 Å². The number of β-lactam (4-membered cyclic amide) rings is 1. The molecule has 1 fully saturated rings. The van der Waals surface area contributed by atoms with E-state index in [0.29, 0.717) is 0 Å². The molecule has 15 nitrogen and oxygen atoms in total. The number of oxime groups is 1. The quantitative estimate of drug-likeness (QED) is 0.0803. The number of nitrogens with zero attached hydrogens (tertiary/aromatic N) is 5. The molecule has 184 valence electrons. The second-order valence-corrected chi connectivity index (χ2v) is 8.87. The molecule has 2 aliphatic rings. The highest BCUT2D eigenvalue weighted by molar-refractivity contribution is 8.00. The number of carboxylic acid groups (broad SMARTS) is 1. The number of rotatable bonds is 10. The molecule has 0 saturated carbocycles. The van der Waals surface area contributed by atoms with Crippen molar-refractivity contribution in [2.75, 3.05) is 24.7 Å². The molecule has 0 radical (unpaired) electrons. The molecule has 4 N–H and O–H groups in total. The highest BCUT2D eigenvalue weighted by atomic mass is 32.2. The predicted octanol–water partition coefficient (Wildman–Crippen LogP) is -1.37. The van der Waals surface area contributed by atoms with Crippen LogP contribution in [0.3, 0.4) is 0 Å². The van der Waals surface area contributed by atoms with Gasteiger partial charge < -0.3 is 25.7 Å². The molecule has 1 aromatic heterocycles. The molecular formula is C18H17N7O8S2. The number of aromatic nitrogens is 2. The van der Waals surface area contributed by atoms with Crippen molar-refractivity contribution in [3.05, 3.63) is 17.1 Å². The number of ether oxygens (including phenoxy) is 1. The smallest absolute Gasteiger partial charge is 0.352 e. The number of carboxylic acids is 1. The average Bonchev–Trinajstić information content (AvgIpc) is 3.23. The number of hydrogen-bond acceptors (Lipinski definition) is 14. The number of anilines is 1. The van der Waals surface area contributed by atoms with E-state index >= 15 is 0 Å². The lowest BCUT2D eigenvalue weighted by Crippen LogP contribution is -2.71. The summed E-state index contributed by atoms with van der Waals surface area (Å²) in [7, 11) is 0. The Morgan fingerprint density at radius 1 is 1.40 bits per heavy atom. The number of amides is 2. The van der Waals surface area contributed by atoms with Crippen LogP contribution in [0.5, 0.6) is 0 Å². The third-order valence-corrected chi connectivity index (χ3v) is 6.37. The monoisotopic (exact) mass is 523 g/mol. The van der Waals surface area contributed by atoms with Crippen molar-refractivity contribution in [3.8, 4) is 6.07 Å². The Labute approximate surface area is 205 Å². The summed E-state index contributed by atoms with van der Waals surface area (Å²) in [6.45, 7) is 0.346. The zero-order valence-electron chi connectivity index (χ0n) is 17.9. The van der Waals surface area contributed by atoms with Crippen LogP contribution in [0.4, 0.5) is 5.13 Å². The molecule has 3 heterocycles. The van der Waals surface area contributed by atoms with E-state index in [9.17, 15) is 29.1 Å². The van der Waals surface area contributed by atoms with Gasteiger partial charge in [-0.25, -0.2) is 4.79 Å². The normalized spacial score (nSPS) is 19.3. The number of carbonyl (C=O) groups is 5. The van der Waals surface area contributed by atoms with Crippen LogP contribution < -0.4 is 11.1 Å². The number of nitrogen functional groups attached to an aromatic ring is 1. The molecule has 2 amide bonds. The van der Waals surface area contributed by atoms with E-state index in [0.717, 1.165) is 28.2 Å². The summed E-state index contributed by atoms with van der Waals surface area (Å²) in [5.74, 6) is -4.35. The number of nitrogens with two attached hydrogens (primary N) is 1. The first-order valence-corrected chi connectivity index (χ1v) is 11.5. The highest BCUT2D eigenvalue weighted by Crippen LogP contribution is 2.40. The molecule has 2 atom stereocenters. The van der Waals surface area contributed by atoms with Crippen molar-refractivity contribution in [3.63, 3.8) is 0 Å². The van der Waals surface area contributed by atoms with Crippen LogP contribution in [0.25, 0.3) is 0 Å². The van der Waals surface area contributed by atoms with Gasteiger partial charge in [-0.1, -0.05) is 5.16 Å². The number of thioether (sulfide) groups is 1. The minimum absolute atomic E-state index is 0.0438. The second-order valence-electron chi connectivity index (χ2n) is 6.99. The first kappa shape index (κ1) is 25.6. The van der Waals surface area contributed by atoms with E-state index in [4.69, 9.17) is 20.6 Å². The standard InChI is InChI=1S/C18H17N7O8S2/c1-7(26)4-9(27)32-5-8-6-34-16-11(15(29)25(16)12(8)17(30)31)21-14(28)10(23-33-3-2-19)13-22-18(20)35-24-13/h11,16H,3-6H2,1H3,(H,21,28)(H,30,31)(H2,20,22,24)/b23-10+/t11-,16-/m1/s1. The Morgan fingerprint density at radius 3 is 2.74 bits per heavy atom. The molecule has 35 heavy (non-hydrogen) atoms. The number of aliphatic carboxylic acids is 1. The zero-order chi connectivity index (χ0) is 25.7. The summed E-state index contributed by atoms with van der Waals surface area (Å²) >= 11 is 1.93. The van der Waals surface area contributed by atoms with Crippen molar-refractivity contribution in [1.29, 1.82) is 5.26 Å². The van der Waals surface area contributed by atoms with Crippen LogP contribution in [0, 0.1) is 11.3 Å². The molecule has 0 bridgehead atoms. The molecule has 0 unspecified atom stereocenters. The number of esters is 1. The van der Waals surface area contributed by atoms with Gasteiger partial charge in [0.15, 0.2) is 5.13 Å². The summed E-state index contributed by atoms with van der Waals surface area (Å²) in [5, 5.41) is 23.5. The van der Waals surface area contributed by atoms with Crippen LogP contribution in [-0.2, 0) is 33.5 Å².